The summed E-state index contributed by atoms with van der Waals surface area (Å²) >= 11 is 0. The van der Waals surface area contributed by atoms with Gasteiger partial charge in [0.25, 0.3) is 5.91 Å². The topological polar surface area (TPSA) is 86.8 Å². The summed E-state index contributed by atoms with van der Waals surface area (Å²) in [6.07, 6.45) is 2.39. The van der Waals surface area contributed by atoms with Crippen molar-refractivity contribution in [2.75, 3.05) is 25.9 Å². The van der Waals surface area contributed by atoms with E-state index in [1.807, 2.05) is 30.3 Å². The Bertz CT molecular complexity index is 740. The lowest BCUT2D eigenvalue weighted by Gasteiger charge is -2.35. The van der Waals surface area contributed by atoms with Gasteiger partial charge in [-0.2, -0.15) is 0 Å². The number of hydrogen-bond acceptors (Lipinski definition) is 4. The van der Waals surface area contributed by atoms with Crippen molar-refractivity contribution >= 4 is 22.0 Å². The maximum atomic E-state index is 12.7. The molecule has 0 atom stereocenters. The van der Waals surface area contributed by atoms with E-state index in [9.17, 15) is 18.0 Å². The Hall–Kier alpha value is -1.93. The fraction of sp³-hybridized carbons (Fsp3) is 0.500. The number of amides is 3. The van der Waals surface area contributed by atoms with Gasteiger partial charge in [0.05, 0.1) is 6.26 Å². The van der Waals surface area contributed by atoms with Crippen LogP contribution in [0.3, 0.4) is 0 Å². The van der Waals surface area contributed by atoms with Gasteiger partial charge in [-0.05, 0) is 24.8 Å². The molecule has 3 rings (SSSR count). The fourth-order valence-electron chi connectivity index (χ4n) is 3.30. The maximum Gasteiger partial charge on any atom is 0.325 e. The molecule has 0 aromatic heterocycles. The van der Waals surface area contributed by atoms with Crippen molar-refractivity contribution in [2.24, 2.45) is 0 Å². The first-order chi connectivity index (χ1) is 11.3. The van der Waals surface area contributed by atoms with Crippen LogP contribution in [0.2, 0.25) is 0 Å². The first-order valence-electron chi connectivity index (χ1n) is 7.95. The molecule has 0 radical (unpaired) electrons. The number of carbonyl (C=O) groups excluding carboxylic acids is 2. The lowest BCUT2D eigenvalue weighted by Crippen LogP contribution is -2.55. The van der Waals surface area contributed by atoms with Gasteiger partial charge in [-0.1, -0.05) is 30.3 Å². The van der Waals surface area contributed by atoms with Gasteiger partial charge in [0.2, 0.25) is 10.0 Å². The summed E-state index contributed by atoms with van der Waals surface area (Å²) in [5.74, 6) is -0.239. The fourth-order valence-corrected chi connectivity index (χ4v) is 4.15. The third-order valence-electron chi connectivity index (χ3n) is 4.76. The standard InChI is InChI=1S/C16H21N3O4S/c1-24(22,23)18-11-8-16(9-12-18)14(20)19(15(21)17-16)10-7-13-5-3-2-4-6-13/h2-6H,7-12H2,1H3,(H,17,21). The predicted molar refractivity (Wildman–Crippen MR) is 88.8 cm³/mol. The van der Waals surface area contributed by atoms with Crippen LogP contribution in [0.4, 0.5) is 4.79 Å². The highest BCUT2D eigenvalue weighted by molar-refractivity contribution is 7.88. The molecule has 2 heterocycles. The molecule has 1 N–H and O–H groups in total. The minimum absolute atomic E-state index is 0.239. The zero-order chi connectivity index (χ0) is 17.4. The van der Waals surface area contributed by atoms with Crippen LogP contribution in [0.25, 0.3) is 0 Å². The van der Waals surface area contributed by atoms with Gasteiger partial charge in [-0.15, -0.1) is 0 Å². The van der Waals surface area contributed by atoms with Crippen LogP contribution in [0.5, 0.6) is 0 Å². The van der Waals surface area contributed by atoms with Gasteiger partial charge in [0.1, 0.15) is 5.54 Å². The van der Waals surface area contributed by atoms with Crippen molar-refractivity contribution < 1.29 is 18.0 Å². The minimum atomic E-state index is -3.27. The van der Waals surface area contributed by atoms with Gasteiger partial charge in [-0.25, -0.2) is 17.5 Å². The Morgan fingerprint density at radius 2 is 1.75 bits per heavy atom. The van der Waals surface area contributed by atoms with Crippen LogP contribution in [-0.2, 0) is 21.2 Å². The highest BCUT2D eigenvalue weighted by atomic mass is 32.2. The van der Waals surface area contributed by atoms with E-state index in [1.54, 1.807) is 0 Å². The molecule has 2 saturated heterocycles. The largest absolute Gasteiger partial charge is 0.325 e. The van der Waals surface area contributed by atoms with E-state index in [2.05, 4.69) is 5.32 Å². The first kappa shape index (κ1) is 16.9. The Balaban J connectivity index is 1.66. The molecular weight excluding hydrogens is 330 g/mol. The van der Waals surface area contributed by atoms with Crippen LogP contribution in [0.1, 0.15) is 18.4 Å². The Kier molecular flexibility index (Phi) is 4.35. The zero-order valence-corrected chi connectivity index (χ0v) is 14.4. The Labute approximate surface area is 141 Å². The second-order valence-electron chi connectivity index (χ2n) is 6.37. The van der Waals surface area contributed by atoms with Crippen LogP contribution in [-0.4, -0.2) is 61.0 Å². The molecule has 0 saturated carbocycles. The SMILES string of the molecule is CS(=O)(=O)N1CCC2(CC1)NC(=O)N(CCc1ccccc1)C2=O. The van der Waals surface area contributed by atoms with Crippen molar-refractivity contribution in [3.8, 4) is 0 Å². The summed E-state index contributed by atoms with van der Waals surface area (Å²) in [5.41, 5.74) is 0.112. The number of nitrogens with one attached hydrogen (secondary N) is 1. The third kappa shape index (κ3) is 3.16. The Morgan fingerprint density at radius 3 is 2.33 bits per heavy atom. The number of carbonyl (C=O) groups is 2. The van der Waals surface area contributed by atoms with Gasteiger partial charge in [-0.3, -0.25) is 9.69 Å². The molecule has 2 fully saturated rings. The van der Waals surface area contributed by atoms with E-state index in [4.69, 9.17) is 0 Å². The van der Waals surface area contributed by atoms with E-state index >= 15 is 0 Å². The number of hydrogen-bond donors (Lipinski definition) is 1. The van der Waals surface area contributed by atoms with Crippen molar-refractivity contribution in [1.82, 2.24) is 14.5 Å². The summed E-state index contributed by atoms with van der Waals surface area (Å²) in [4.78, 5) is 26.2. The summed E-state index contributed by atoms with van der Waals surface area (Å²) in [6.45, 7) is 0.820. The second-order valence-corrected chi connectivity index (χ2v) is 8.35. The lowest BCUT2D eigenvalue weighted by atomic mass is 9.88. The highest BCUT2D eigenvalue weighted by Crippen LogP contribution is 2.30. The quantitative estimate of drug-likeness (QED) is 0.804. The van der Waals surface area contributed by atoms with Crippen molar-refractivity contribution in [1.29, 1.82) is 0 Å². The molecule has 1 aromatic carbocycles. The molecule has 0 unspecified atom stereocenters. The maximum absolute atomic E-state index is 12.7. The second kappa shape index (κ2) is 6.18. The van der Waals surface area contributed by atoms with E-state index < -0.39 is 15.6 Å². The summed E-state index contributed by atoms with van der Waals surface area (Å²) in [6, 6.07) is 9.29. The molecule has 3 amide bonds. The van der Waals surface area contributed by atoms with Crippen LogP contribution < -0.4 is 5.32 Å². The van der Waals surface area contributed by atoms with Gasteiger partial charge >= 0.3 is 6.03 Å². The number of benzene rings is 1. The molecule has 2 aliphatic heterocycles. The third-order valence-corrected chi connectivity index (χ3v) is 6.06. The van der Waals surface area contributed by atoms with E-state index in [0.29, 0.717) is 25.8 Å². The van der Waals surface area contributed by atoms with E-state index in [1.165, 1.54) is 9.21 Å². The summed E-state index contributed by atoms with van der Waals surface area (Å²) in [5, 5.41) is 2.79. The smallest absolute Gasteiger partial charge is 0.323 e. The molecule has 8 heteroatoms. The summed E-state index contributed by atoms with van der Waals surface area (Å²) in [7, 11) is -3.27. The number of piperidine rings is 1. The van der Waals surface area contributed by atoms with Crippen molar-refractivity contribution in [3.63, 3.8) is 0 Å². The van der Waals surface area contributed by atoms with Crippen molar-refractivity contribution in [3.05, 3.63) is 35.9 Å². The van der Waals surface area contributed by atoms with E-state index in [-0.39, 0.29) is 25.0 Å². The number of sulfonamides is 1. The Morgan fingerprint density at radius 1 is 1.12 bits per heavy atom. The van der Waals surface area contributed by atoms with E-state index in [0.717, 1.165) is 11.8 Å². The molecule has 0 bridgehead atoms. The molecule has 130 valence electrons. The molecular formula is C16H21N3O4S. The molecule has 2 aliphatic rings. The van der Waals surface area contributed by atoms with Crippen LogP contribution in [0.15, 0.2) is 30.3 Å². The predicted octanol–water partition coefficient (Wildman–Crippen LogP) is 0.575. The molecule has 7 nitrogen and oxygen atoms in total. The molecule has 24 heavy (non-hydrogen) atoms. The van der Waals surface area contributed by atoms with Gasteiger partial charge < -0.3 is 5.32 Å². The van der Waals surface area contributed by atoms with Crippen molar-refractivity contribution in [2.45, 2.75) is 24.8 Å². The monoisotopic (exact) mass is 351 g/mol. The molecule has 1 aromatic rings. The minimum Gasteiger partial charge on any atom is -0.323 e. The average Bonchev–Trinajstić information content (AvgIpc) is 2.76. The zero-order valence-electron chi connectivity index (χ0n) is 13.6. The number of nitrogens with zero attached hydrogens (tertiary/aromatic N) is 2. The summed E-state index contributed by atoms with van der Waals surface area (Å²) < 4.78 is 24.6. The van der Waals surface area contributed by atoms with Crippen LogP contribution in [0, 0.1) is 0 Å². The normalized spacial score (nSPS) is 21.3. The molecule has 1 spiro atoms. The molecule has 0 aliphatic carbocycles. The lowest BCUT2D eigenvalue weighted by molar-refractivity contribution is -0.132. The van der Waals surface area contributed by atoms with Crippen LogP contribution >= 0.6 is 0 Å². The van der Waals surface area contributed by atoms with Gasteiger partial charge in [0, 0.05) is 19.6 Å². The number of rotatable bonds is 4. The average molecular weight is 351 g/mol. The van der Waals surface area contributed by atoms with Gasteiger partial charge in [0.15, 0.2) is 0 Å². The number of imide groups is 1. The first-order valence-corrected chi connectivity index (χ1v) is 9.80. The highest BCUT2D eigenvalue weighted by Gasteiger charge is 2.52. The number of urea groups is 1.